The van der Waals surface area contributed by atoms with Crippen molar-refractivity contribution < 1.29 is 19.1 Å². The molecular weight excluding hydrogens is 462 g/mol. The van der Waals surface area contributed by atoms with Gasteiger partial charge in [-0.25, -0.2) is 9.78 Å². The number of aryl methyl sites for hydroxylation is 2. The highest BCUT2D eigenvalue weighted by Gasteiger charge is 2.25. The second kappa shape index (κ2) is 9.64. The Morgan fingerprint density at radius 2 is 1.94 bits per heavy atom. The predicted octanol–water partition coefficient (Wildman–Crippen LogP) is 5.53. The molecule has 3 aromatic heterocycles. The van der Waals surface area contributed by atoms with E-state index in [0.29, 0.717) is 32.5 Å². The normalized spacial score (nSPS) is 10.9. The fourth-order valence-corrected chi connectivity index (χ4v) is 4.73. The highest BCUT2D eigenvalue weighted by Crippen LogP contribution is 2.40. The first-order chi connectivity index (χ1) is 15.9. The van der Waals surface area contributed by atoms with E-state index < -0.39 is 11.9 Å². The molecule has 0 fully saturated rings. The minimum Gasteiger partial charge on any atom is -0.480 e. The highest BCUT2D eigenvalue weighted by molar-refractivity contribution is 7.17. The van der Waals surface area contributed by atoms with Gasteiger partial charge in [0, 0.05) is 27.9 Å². The van der Waals surface area contributed by atoms with Crippen LogP contribution in [0.4, 0.5) is 5.00 Å². The van der Waals surface area contributed by atoms with Crippen molar-refractivity contribution in [3.8, 4) is 16.9 Å². The van der Waals surface area contributed by atoms with Gasteiger partial charge in [0.2, 0.25) is 0 Å². The first-order valence-corrected chi connectivity index (χ1v) is 11.5. The number of esters is 1. The Morgan fingerprint density at radius 3 is 2.67 bits per heavy atom. The number of fused-ring (bicyclic) bond motifs is 1. The van der Waals surface area contributed by atoms with Crippen LogP contribution in [0.5, 0.6) is 5.75 Å². The quantitative estimate of drug-likeness (QED) is 0.349. The van der Waals surface area contributed by atoms with Gasteiger partial charge in [-0.2, -0.15) is 0 Å². The average molecular weight is 484 g/mol. The number of thiophene rings is 1. The molecule has 0 saturated carbocycles. The van der Waals surface area contributed by atoms with Crippen LogP contribution in [0.1, 0.15) is 27.9 Å². The predicted molar refractivity (Wildman–Crippen MR) is 130 cm³/mol. The van der Waals surface area contributed by atoms with Crippen LogP contribution in [0, 0.1) is 13.8 Å². The molecule has 3 heterocycles. The van der Waals surface area contributed by atoms with Crippen molar-refractivity contribution in [1.82, 2.24) is 9.38 Å². The summed E-state index contributed by atoms with van der Waals surface area (Å²) in [5.74, 6) is -0.397. The Bertz CT molecular complexity index is 1330. The van der Waals surface area contributed by atoms with Crippen LogP contribution in [0.3, 0.4) is 0 Å². The molecule has 0 spiro atoms. The van der Waals surface area contributed by atoms with Gasteiger partial charge in [0.25, 0.3) is 5.91 Å². The summed E-state index contributed by atoms with van der Waals surface area (Å²) >= 11 is 7.33. The van der Waals surface area contributed by atoms with Crippen molar-refractivity contribution in [1.29, 1.82) is 0 Å². The molecule has 33 heavy (non-hydrogen) atoms. The van der Waals surface area contributed by atoms with Crippen molar-refractivity contribution in [2.24, 2.45) is 0 Å². The fraction of sp³-hybridized carbons (Fsp3) is 0.208. The van der Waals surface area contributed by atoms with Gasteiger partial charge in [-0.1, -0.05) is 23.7 Å². The molecule has 1 N–H and O–H groups in total. The summed E-state index contributed by atoms with van der Waals surface area (Å²) in [6.45, 7) is 5.50. The molecule has 7 nitrogen and oxygen atoms in total. The average Bonchev–Trinajstić information content (AvgIpc) is 3.32. The number of amides is 1. The van der Waals surface area contributed by atoms with Crippen molar-refractivity contribution >= 4 is 45.5 Å². The third-order valence-corrected chi connectivity index (χ3v) is 6.15. The van der Waals surface area contributed by atoms with Crippen molar-refractivity contribution in [3.05, 3.63) is 69.9 Å². The standard InChI is InChI=1S/C24H22ClN3O4S/c1-4-31-24(30)21-20(16-7-9-17(25)10-8-16)15(3)33-23(21)27-19(29)13-32-18-6-5-11-28-12-14(2)26-22(18)28/h5-12H,4,13H2,1-3H3,(H,27,29). The SMILES string of the molecule is CCOC(=O)c1c(NC(=O)COc2cccn3cc(C)nc23)sc(C)c1-c1ccc(Cl)cc1. The van der Waals surface area contributed by atoms with Crippen LogP contribution >= 0.6 is 22.9 Å². The van der Waals surface area contributed by atoms with Gasteiger partial charge < -0.3 is 19.2 Å². The van der Waals surface area contributed by atoms with E-state index in [1.807, 2.05) is 48.8 Å². The number of imidazole rings is 1. The van der Waals surface area contributed by atoms with Gasteiger partial charge in [0.15, 0.2) is 18.0 Å². The zero-order valence-electron chi connectivity index (χ0n) is 18.3. The zero-order chi connectivity index (χ0) is 23.5. The fourth-order valence-electron chi connectivity index (χ4n) is 3.52. The number of pyridine rings is 1. The van der Waals surface area contributed by atoms with Gasteiger partial charge in [-0.05, 0) is 50.6 Å². The van der Waals surface area contributed by atoms with E-state index >= 15 is 0 Å². The van der Waals surface area contributed by atoms with Gasteiger partial charge in [-0.3, -0.25) is 4.79 Å². The molecule has 0 unspecified atom stereocenters. The number of nitrogens with one attached hydrogen (secondary N) is 1. The monoisotopic (exact) mass is 483 g/mol. The minimum atomic E-state index is -0.499. The molecule has 0 radical (unpaired) electrons. The lowest BCUT2D eigenvalue weighted by Gasteiger charge is -2.10. The second-order valence-electron chi connectivity index (χ2n) is 7.29. The molecule has 4 aromatic rings. The maximum atomic E-state index is 12.8. The maximum absolute atomic E-state index is 12.8. The number of aromatic nitrogens is 2. The zero-order valence-corrected chi connectivity index (χ0v) is 19.9. The van der Waals surface area contributed by atoms with E-state index in [4.69, 9.17) is 21.1 Å². The highest BCUT2D eigenvalue weighted by atomic mass is 35.5. The molecule has 170 valence electrons. The molecule has 0 bridgehead atoms. The van der Waals surface area contributed by atoms with Crippen LogP contribution in [-0.2, 0) is 9.53 Å². The summed E-state index contributed by atoms with van der Waals surface area (Å²) in [7, 11) is 0. The molecule has 0 saturated heterocycles. The molecule has 0 atom stereocenters. The third kappa shape index (κ3) is 4.86. The second-order valence-corrected chi connectivity index (χ2v) is 8.95. The van der Waals surface area contributed by atoms with Crippen molar-refractivity contribution in [2.45, 2.75) is 20.8 Å². The van der Waals surface area contributed by atoms with E-state index in [2.05, 4.69) is 10.3 Å². The molecule has 0 aliphatic heterocycles. The number of ether oxygens (including phenoxy) is 2. The summed E-state index contributed by atoms with van der Waals surface area (Å²) in [4.78, 5) is 30.8. The van der Waals surface area contributed by atoms with Crippen LogP contribution in [0.2, 0.25) is 5.02 Å². The third-order valence-electron chi connectivity index (χ3n) is 4.88. The van der Waals surface area contributed by atoms with E-state index in [9.17, 15) is 9.59 Å². The summed E-state index contributed by atoms with van der Waals surface area (Å²) in [5.41, 5.74) is 3.32. The number of carbonyl (C=O) groups excluding carboxylic acids is 2. The van der Waals surface area contributed by atoms with E-state index in [0.717, 1.165) is 16.1 Å². The maximum Gasteiger partial charge on any atom is 0.341 e. The van der Waals surface area contributed by atoms with Crippen LogP contribution in [-0.4, -0.2) is 34.5 Å². The molecule has 4 rings (SSSR count). The lowest BCUT2D eigenvalue weighted by Crippen LogP contribution is -2.21. The Hall–Kier alpha value is -3.36. The summed E-state index contributed by atoms with van der Waals surface area (Å²) < 4.78 is 12.8. The van der Waals surface area contributed by atoms with E-state index in [-0.39, 0.29) is 13.2 Å². The van der Waals surface area contributed by atoms with Gasteiger partial charge in [0.05, 0.1) is 12.3 Å². The van der Waals surface area contributed by atoms with Crippen molar-refractivity contribution in [2.75, 3.05) is 18.5 Å². The number of nitrogens with zero attached hydrogens (tertiary/aromatic N) is 2. The van der Waals surface area contributed by atoms with Crippen LogP contribution < -0.4 is 10.1 Å². The lowest BCUT2D eigenvalue weighted by molar-refractivity contribution is -0.118. The topological polar surface area (TPSA) is 81.9 Å². The summed E-state index contributed by atoms with van der Waals surface area (Å²) in [6.07, 6.45) is 3.74. The number of anilines is 1. The number of halogens is 1. The van der Waals surface area contributed by atoms with Crippen LogP contribution in [0.15, 0.2) is 48.8 Å². The van der Waals surface area contributed by atoms with Gasteiger partial charge in [0.1, 0.15) is 10.6 Å². The number of hydrogen-bond donors (Lipinski definition) is 1. The largest absolute Gasteiger partial charge is 0.480 e. The van der Waals surface area contributed by atoms with Crippen molar-refractivity contribution in [3.63, 3.8) is 0 Å². The minimum absolute atomic E-state index is 0.220. The Morgan fingerprint density at radius 1 is 1.18 bits per heavy atom. The number of benzene rings is 1. The number of rotatable bonds is 7. The molecular formula is C24H22ClN3O4S. The number of hydrogen-bond acceptors (Lipinski definition) is 6. The molecule has 1 amide bonds. The Labute approximate surface area is 199 Å². The first-order valence-electron chi connectivity index (χ1n) is 10.3. The molecule has 9 heteroatoms. The summed E-state index contributed by atoms with van der Waals surface area (Å²) in [6, 6.07) is 10.8. The smallest absolute Gasteiger partial charge is 0.341 e. The molecule has 1 aromatic carbocycles. The lowest BCUT2D eigenvalue weighted by atomic mass is 10.0. The Kier molecular flexibility index (Phi) is 6.67. The first kappa shape index (κ1) is 22.8. The van der Waals surface area contributed by atoms with Gasteiger partial charge >= 0.3 is 5.97 Å². The summed E-state index contributed by atoms with van der Waals surface area (Å²) in [5, 5.41) is 3.83. The van der Waals surface area contributed by atoms with E-state index in [1.54, 1.807) is 25.1 Å². The molecule has 0 aliphatic rings. The number of carbonyl (C=O) groups is 2. The van der Waals surface area contributed by atoms with E-state index in [1.165, 1.54) is 11.3 Å². The van der Waals surface area contributed by atoms with Gasteiger partial charge in [-0.15, -0.1) is 11.3 Å². The molecule has 0 aliphatic carbocycles. The Balaban J connectivity index is 1.59. The van der Waals surface area contributed by atoms with Crippen LogP contribution in [0.25, 0.3) is 16.8 Å².